The lowest BCUT2D eigenvalue weighted by Gasteiger charge is -2.64. The highest BCUT2D eigenvalue weighted by molar-refractivity contribution is 5.67. The number of aliphatic hydroxyl groups is 1. The topological polar surface area (TPSA) is 95.9 Å². The van der Waals surface area contributed by atoms with Crippen LogP contribution in [0.1, 0.15) is 106 Å². The molecule has 0 saturated heterocycles. The number of ether oxygens (including phenoxy) is 1. The number of amides is 1. The molecule has 4 saturated carbocycles. The number of nitrogens with one attached hydrogen (secondary N) is 1. The highest BCUT2D eigenvalue weighted by Crippen LogP contribution is 2.69. The molecule has 0 aliphatic heterocycles. The van der Waals surface area contributed by atoms with E-state index in [-0.39, 0.29) is 47.5 Å². The molecule has 0 unspecified atom stereocenters. The average molecular weight is 506 g/mol. The van der Waals surface area contributed by atoms with Gasteiger partial charge in [0.1, 0.15) is 6.10 Å². The second-order valence-electron chi connectivity index (χ2n) is 13.7. The fourth-order valence-electron chi connectivity index (χ4n) is 10.00. The van der Waals surface area contributed by atoms with Crippen LogP contribution in [0.25, 0.3) is 0 Å². The van der Waals surface area contributed by atoms with Gasteiger partial charge in [0, 0.05) is 12.5 Å². The molecule has 4 aliphatic carbocycles. The highest BCUT2D eigenvalue weighted by atomic mass is 16.6. The molecule has 11 atom stereocenters. The summed E-state index contributed by atoms with van der Waals surface area (Å²) in [5.41, 5.74) is 0.365. The van der Waals surface area contributed by atoms with Crippen molar-refractivity contribution in [2.24, 2.45) is 52.3 Å². The van der Waals surface area contributed by atoms with E-state index in [0.29, 0.717) is 35.5 Å². The van der Waals surface area contributed by atoms with Crippen molar-refractivity contribution in [3.05, 3.63) is 0 Å². The van der Waals surface area contributed by atoms with Gasteiger partial charge in [0.05, 0.1) is 6.10 Å². The van der Waals surface area contributed by atoms with Crippen LogP contribution in [0.2, 0.25) is 0 Å². The van der Waals surface area contributed by atoms with Gasteiger partial charge in [-0.05, 0) is 117 Å². The monoisotopic (exact) mass is 505 g/mol. The third kappa shape index (κ3) is 4.80. The molecule has 0 heterocycles. The van der Waals surface area contributed by atoms with Crippen LogP contribution in [0.5, 0.6) is 0 Å². The van der Waals surface area contributed by atoms with Gasteiger partial charge in [-0.3, -0.25) is 4.79 Å². The number of alkyl carbamates (subject to hydrolysis) is 1. The second kappa shape index (κ2) is 10.5. The summed E-state index contributed by atoms with van der Waals surface area (Å²) in [5, 5.41) is 24.1. The first-order chi connectivity index (χ1) is 16.9. The van der Waals surface area contributed by atoms with Crippen molar-refractivity contribution in [3.8, 4) is 0 Å². The minimum atomic E-state index is -0.695. The van der Waals surface area contributed by atoms with Crippen LogP contribution < -0.4 is 5.32 Å². The molecule has 0 aromatic carbocycles. The van der Waals surface area contributed by atoms with Crippen molar-refractivity contribution >= 4 is 12.1 Å². The molecule has 36 heavy (non-hydrogen) atoms. The van der Waals surface area contributed by atoms with Crippen LogP contribution in [0.3, 0.4) is 0 Å². The number of aliphatic hydroxyl groups excluding tert-OH is 1. The molecule has 0 aromatic heterocycles. The largest absolute Gasteiger partial charge is 0.481 e. The first kappa shape index (κ1) is 27.7. The normalized spacial score (nSPS) is 44.8. The van der Waals surface area contributed by atoms with Crippen LogP contribution in [0.4, 0.5) is 4.79 Å². The lowest BCUT2D eigenvalue weighted by atomic mass is 9.41. The van der Waals surface area contributed by atoms with Gasteiger partial charge in [-0.25, -0.2) is 4.79 Å². The molecular formula is C30H51NO5. The maximum absolute atomic E-state index is 12.3. The smallest absolute Gasteiger partial charge is 0.407 e. The van der Waals surface area contributed by atoms with Crippen molar-refractivity contribution < 1.29 is 24.5 Å². The summed E-state index contributed by atoms with van der Waals surface area (Å²) in [5.74, 6) is 2.22. The SMILES string of the molecule is CC[C@H]1[C@@H](O)[C@@H]2[C@H](CC[C@]3(C)[C@@H]([C@H](C)CCC(=O)O)CC[C@@H]23)[C@@]2(C)CC[C@@H](OC(=O)NC(C)C)C[C@@H]12. The summed E-state index contributed by atoms with van der Waals surface area (Å²) in [6.45, 7) is 13.3. The molecule has 4 fully saturated rings. The van der Waals surface area contributed by atoms with Crippen molar-refractivity contribution in [1.82, 2.24) is 5.32 Å². The van der Waals surface area contributed by atoms with E-state index in [4.69, 9.17) is 4.74 Å². The standard InChI is InChI=1S/C30H51NO5/c1-7-20-24-16-19(36-28(35)31-17(2)3)12-14-30(24,6)23-13-15-29(5)21(18(4)8-11-25(32)33)9-10-22(29)26(23)27(20)34/h17-24,26-27,34H,7-16H2,1-6H3,(H,31,35)(H,32,33)/t18-,19-,20-,21-,22+,23+,24+,26+,27-,29-,30-/m1/s1. The third-order valence-electron chi connectivity index (χ3n) is 11.6. The van der Waals surface area contributed by atoms with E-state index in [1.807, 2.05) is 13.8 Å². The minimum absolute atomic E-state index is 0.0608. The van der Waals surface area contributed by atoms with Crippen LogP contribution in [-0.4, -0.2) is 40.5 Å². The summed E-state index contributed by atoms with van der Waals surface area (Å²) >= 11 is 0. The Morgan fingerprint density at radius 2 is 1.67 bits per heavy atom. The molecule has 4 rings (SSSR count). The average Bonchev–Trinajstić information content (AvgIpc) is 3.15. The molecule has 6 heteroatoms. The van der Waals surface area contributed by atoms with E-state index in [1.165, 1.54) is 6.42 Å². The number of hydrogen-bond acceptors (Lipinski definition) is 4. The van der Waals surface area contributed by atoms with Gasteiger partial charge in [-0.1, -0.05) is 34.1 Å². The summed E-state index contributed by atoms with van der Waals surface area (Å²) in [6.07, 6.45) is 8.75. The molecule has 6 nitrogen and oxygen atoms in total. The lowest BCUT2D eigenvalue weighted by Crippen LogP contribution is -2.62. The number of carbonyl (C=O) groups is 2. The number of fused-ring (bicyclic) bond motifs is 5. The van der Waals surface area contributed by atoms with Gasteiger partial charge < -0.3 is 20.3 Å². The van der Waals surface area contributed by atoms with Crippen molar-refractivity contribution in [2.75, 3.05) is 0 Å². The fourth-order valence-corrected chi connectivity index (χ4v) is 10.00. The summed E-state index contributed by atoms with van der Waals surface area (Å²) < 4.78 is 5.85. The van der Waals surface area contributed by atoms with Gasteiger partial charge >= 0.3 is 12.1 Å². The zero-order valence-corrected chi connectivity index (χ0v) is 23.5. The number of aliphatic carboxylic acids is 1. The quantitative estimate of drug-likeness (QED) is 0.380. The van der Waals surface area contributed by atoms with Gasteiger partial charge in [0.2, 0.25) is 0 Å². The summed E-state index contributed by atoms with van der Waals surface area (Å²) in [4.78, 5) is 23.5. The third-order valence-corrected chi connectivity index (χ3v) is 11.6. The summed E-state index contributed by atoms with van der Waals surface area (Å²) in [7, 11) is 0. The number of carboxylic acid groups (broad SMARTS) is 1. The van der Waals surface area contributed by atoms with Crippen LogP contribution >= 0.6 is 0 Å². The lowest BCUT2D eigenvalue weighted by molar-refractivity contribution is -0.203. The van der Waals surface area contributed by atoms with Crippen LogP contribution in [0.15, 0.2) is 0 Å². The number of rotatable bonds is 7. The Balaban J connectivity index is 1.54. The zero-order valence-electron chi connectivity index (χ0n) is 23.5. The van der Waals surface area contributed by atoms with Crippen LogP contribution in [-0.2, 0) is 9.53 Å². The Morgan fingerprint density at radius 3 is 2.31 bits per heavy atom. The van der Waals surface area contributed by atoms with Gasteiger partial charge in [0.15, 0.2) is 0 Å². The first-order valence-electron chi connectivity index (χ1n) is 14.8. The Hall–Kier alpha value is -1.30. The predicted octanol–water partition coefficient (Wildman–Crippen LogP) is 6.26. The Morgan fingerprint density at radius 1 is 1.00 bits per heavy atom. The van der Waals surface area contributed by atoms with E-state index in [2.05, 4.69) is 33.0 Å². The molecule has 0 spiro atoms. The molecule has 0 bridgehead atoms. The Bertz CT molecular complexity index is 815. The van der Waals surface area contributed by atoms with E-state index in [0.717, 1.165) is 51.4 Å². The van der Waals surface area contributed by atoms with E-state index < -0.39 is 5.97 Å². The van der Waals surface area contributed by atoms with E-state index in [9.17, 15) is 19.8 Å². The van der Waals surface area contributed by atoms with Crippen molar-refractivity contribution in [2.45, 2.75) is 124 Å². The maximum atomic E-state index is 12.3. The Labute approximate surface area is 218 Å². The molecule has 0 radical (unpaired) electrons. The molecule has 4 aliphatic rings. The molecule has 206 valence electrons. The highest BCUT2D eigenvalue weighted by Gasteiger charge is 2.65. The number of carbonyl (C=O) groups excluding carboxylic acids is 1. The fraction of sp³-hybridized carbons (Fsp3) is 0.933. The molecule has 1 amide bonds. The molecule has 0 aromatic rings. The van der Waals surface area contributed by atoms with Crippen molar-refractivity contribution in [3.63, 3.8) is 0 Å². The maximum Gasteiger partial charge on any atom is 0.407 e. The minimum Gasteiger partial charge on any atom is -0.481 e. The van der Waals surface area contributed by atoms with Gasteiger partial charge in [-0.15, -0.1) is 0 Å². The summed E-state index contributed by atoms with van der Waals surface area (Å²) in [6, 6.07) is 0.0608. The zero-order chi connectivity index (χ0) is 26.4. The van der Waals surface area contributed by atoms with Gasteiger partial charge in [0.25, 0.3) is 0 Å². The number of hydrogen-bond donors (Lipinski definition) is 3. The predicted molar refractivity (Wildman–Crippen MR) is 140 cm³/mol. The first-order valence-corrected chi connectivity index (χ1v) is 14.8. The molecular weight excluding hydrogens is 454 g/mol. The van der Waals surface area contributed by atoms with Gasteiger partial charge in [-0.2, -0.15) is 0 Å². The van der Waals surface area contributed by atoms with Crippen LogP contribution in [0, 0.1) is 52.3 Å². The number of carboxylic acids is 1. The molecule has 3 N–H and O–H groups in total. The second-order valence-corrected chi connectivity index (χ2v) is 13.7. The van der Waals surface area contributed by atoms with E-state index in [1.54, 1.807) is 0 Å². The Kier molecular flexibility index (Phi) is 8.05. The van der Waals surface area contributed by atoms with Crippen molar-refractivity contribution in [1.29, 1.82) is 0 Å². The van der Waals surface area contributed by atoms with E-state index >= 15 is 0 Å².